The summed E-state index contributed by atoms with van der Waals surface area (Å²) in [6.45, 7) is 20.3. The van der Waals surface area contributed by atoms with E-state index in [1.54, 1.807) is 68.6 Å². The van der Waals surface area contributed by atoms with Crippen molar-refractivity contribution < 1.29 is 63.5 Å². The topological polar surface area (TPSA) is 247 Å². The Labute approximate surface area is 386 Å². The number of carbonyl (C=O) groups is 2. The first-order chi connectivity index (χ1) is 30.3. The van der Waals surface area contributed by atoms with E-state index in [1.165, 1.54) is 36.2 Å². The van der Waals surface area contributed by atoms with E-state index in [1.807, 2.05) is 20.8 Å². The molecule has 3 aliphatic rings. The number of ether oxygens (including phenoxy) is 6. The Morgan fingerprint density at radius 2 is 1.68 bits per heavy atom. The Bertz CT molecular complexity index is 1670. The monoisotopic (exact) mass is 927 g/mol. The van der Waals surface area contributed by atoms with Gasteiger partial charge in [0.1, 0.15) is 35.1 Å². The van der Waals surface area contributed by atoms with Crippen LogP contribution in [-0.2, 0) is 33.2 Å². The Hall–Kier alpha value is -2.66. The van der Waals surface area contributed by atoms with Crippen LogP contribution in [0.1, 0.15) is 108 Å². The van der Waals surface area contributed by atoms with Gasteiger partial charge in [-0.2, -0.15) is 10.2 Å². The molecule has 0 spiro atoms. The summed E-state index contributed by atoms with van der Waals surface area (Å²) in [5.74, 6) is -3.01. The molecule has 19 nitrogen and oxygen atoms in total. The Kier molecular flexibility index (Phi) is 19.1. The second kappa shape index (κ2) is 22.6. The average Bonchev–Trinajstić information content (AvgIpc) is 3.26. The molecule has 0 aromatic carbocycles. The highest BCUT2D eigenvalue weighted by atomic mass is 16.7. The number of cyclic esters (lactones) is 1. The first-order valence-corrected chi connectivity index (χ1v) is 23.4. The number of amides is 2. The Morgan fingerprint density at radius 1 is 1.00 bits per heavy atom. The molecule has 0 bridgehead atoms. The van der Waals surface area contributed by atoms with E-state index in [-0.39, 0.29) is 38.1 Å². The third-order valence-corrected chi connectivity index (χ3v) is 14.4. The molecule has 65 heavy (non-hydrogen) atoms. The van der Waals surface area contributed by atoms with Crippen LogP contribution in [0.2, 0.25) is 0 Å². The highest BCUT2D eigenvalue weighted by Crippen LogP contribution is 2.43. The number of rotatable bonds is 12. The summed E-state index contributed by atoms with van der Waals surface area (Å²) >= 11 is 0. The first-order valence-electron chi connectivity index (χ1n) is 23.4. The molecule has 3 fully saturated rings. The molecule has 3 saturated heterocycles. The standard InChI is InChI=1S/C46H82N6O13/c1-15-18-47-25-46(59)31(8)62-35(22-44(46,10)60-14)64-37-28(5)39(65-41-36(53)33(20-27(4)61-41)52(13)42(56)51(12)32-17-19-49-50-24-32)43(9,57)21-26(3)23-48-30(7)38(54)45(11,58)34(16-2)63-40(55)29(37)6/h17,19,24,26-31,33-39,41,47-48,53-54,57-59H,15-16,18,20-23,25H2,1-14H3/t26-,27-,28+,29-,30-,31+,33+,34-,35+,36-,37+,38-,39-,41+,43-,44-,45-,46+/m1/s1. The number of aliphatic hydroxyl groups excluding tert-OH is 2. The van der Waals surface area contributed by atoms with E-state index in [9.17, 15) is 35.1 Å². The third-order valence-electron chi connectivity index (χ3n) is 14.4. The zero-order valence-electron chi connectivity index (χ0n) is 41.3. The molecule has 0 unspecified atom stereocenters. The lowest BCUT2D eigenvalue weighted by Crippen LogP contribution is -2.70. The molecule has 1 aromatic rings. The number of carbonyl (C=O) groups excluding carboxylic acids is 2. The SMILES string of the molecule is CCCNC[C@]1(O)[C@H](C)O[C@@H](O[C@H]2[C@H](C)[C@@H](O[C@@H]3O[C@H](C)C[C@H](N(C)C(=O)N(C)c4ccnnc4)[C@H]3O)[C@](C)(O)C[C@@H](C)CN[C@H](C)[C@@H](O)[C@](C)(O)[C@@H](CC)OC(=O)[C@@H]2C)C[C@@]1(C)OC. The number of nitrogens with one attached hydrogen (secondary N) is 2. The Balaban J connectivity index is 1.80. The molecule has 3 aliphatic heterocycles. The largest absolute Gasteiger partial charge is 0.459 e. The second-order valence-corrected chi connectivity index (χ2v) is 19.8. The van der Waals surface area contributed by atoms with Crippen molar-refractivity contribution in [3.8, 4) is 0 Å². The number of methoxy groups -OCH3 is 1. The average molecular weight is 927 g/mol. The van der Waals surface area contributed by atoms with Crippen LogP contribution in [0.25, 0.3) is 0 Å². The smallest absolute Gasteiger partial charge is 0.324 e. The lowest BCUT2D eigenvalue weighted by molar-refractivity contribution is -0.336. The van der Waals surface area contributed by atoms with E-state index in [2.05, 4.69) is 20.8 Å². The summed E-state index contributed by atoms with van der Waals surface area (Å²) < 4.78 is 38.6. The van der Waals surface area contributed by atoms with Gasteiger partial charge in [-0.25, -0.2) is 4.79 Å². The number of hydrogen-bond acceptors (Lipinski definition) is 17. The van der Waals surface area contributed by atoms with E-state index in [0.717, 1.165) is 6.42 Å². The summed E-state index contributed by atoms with van der Waals surface area (Å²) in [6.07, 6.45) is -5.61. The zero-order chi connectivity index (χ0) is 48.8. The molecular formula is C46H82N6O13. The van der Waals surface area contributed by atoms with Crippen LogP contribution in [0.3, 0.4) is 0 Å². The van der Waals surface area contributed by atoms with Crippen LogP contribution >= 0.6 is 0 Å². The van der Waals surface area contributed by atoms with E-state index in [0.29, 0.717) is 18.8 Å². The molecule has 0 saturated carbocycles. The van der Waals surface area contributed by atoms with Gasteiger partial charge < -0.3 is 69.5 Å². The van der Waals surface area contributed by atoms with E-state index in [4.69, 9.17) is 28.4 Å². The lowest BCUT2D eigenvalue weighted by Gasteiger charge is -2.53. The maximum Gasteiger partial charge on any atom is 0.324 e. The van der Waals surface area contributed by atoms with Crippen LogP contribution in [-0.4, -0.2) is 183 Å². The molecule has 18 atom stereocenters. The number of nitrogens with zero attached hydrogens (tertiary/aromatic N) is 4. The zero-order valence-corrected chi connectivity index (χ0v) is 41.3. The van der Waals surface area contributed by atoms with Gasteiger partial charge in [0, 0.05) is 46.1 Å². The molecule has 7 N–H and O–H groups in total. The van der Waals surface area contributed by atoms with Gasteiger partial charge in [-0.3, -0.25) is 9.69 Å². The fourth-order valence-electron chi connectivity index (χ4n) is 10.0. The van der Waals surface area contributed by atoms with Gasteiger partial charge >= 0.3 is 12.0 Å². The van der Waals surface area contributed by atoms with Crippen molar-refractivity contribution in [3.63, 3.8) is 0 Å². The van der Waals surface area contributed by atoms with Crippen molar-refractivity contribution in [2.45, 2.75) is 198 Å². The van der Waals surface area contributed by atoms with Gasteiger partial charge in [-0.05, 0) is 99.2 Å². The summed E-state index contributed by atoms with van der Waals surface area (Å²) in [5.41, 5.74) is -5.74. The predicted molar refractivity (Wildman–Crippen MR) is 242 cm³/mol. The maximum atomic E-state index is 14.5. The third kappa shape index (κ3) is 12.3. The van der Waals surface area contributed by atoms with Gasteiger partial charge in [0.05, 0.1) is 60.1 Å². The molecule has 1 aromatic heterocycles. The van der Waals surface area contributed by atoms with Crippen LogP contribution in [0.15, 0.2) is 18.5 Å². The molecular weight excluding hydrogens is 845 g/mol. The predicted octanol–water partition coefficient (Wildman–Crippen LogP) is 2.34. The lowest BCUT2D eigenvalue weighted by atomic mass is 9.75. The molecule has 374 valence electrons. The summed E-state index contributed by atoms with van der Waals surface area (Å²) in [5, 5.41) is 74.5. The van der Waals surface area contributed by atoms with Crippen LogP contribution in [0, 0.1) is 17.8 Å². The van der Waals surface area contributed by atoms with Gasteiger partial charge in [0.2, 0.25) is 0 Å². The van der Waals surface area contributed by atoms with Gasteiger partial charge in [-0.15, -0.1) is 0 Å². The minimum Gasteiger partial charge on any atom is -0.459 e. The molecule has 19 heteroatoms. The summed E-state index contributed by atoms with van der Waals surface area (Å²) in [6, 6.07) is -0.219. The summed E-state index contributed by atoms with van der Waals surface area (Å²) in [4.78, 5) is 31.2. The molecule has 0 radical (unpaired) electrons. The normalized spacial score (nSPS) is 42.6. The van der Waals surface area contributed by atoms with Crippen LogP contribution in [0.4, 0.5) is 10.5 Å². The number of esters is 1. The molecule has 0 aliphatic carbocycles. The number of anilines is 1. The van der Waals surface area contributed by atoms with Crippen molar-refractivity contribution >= 4 is 17.7 Å². The highest BCUT2D eigenvalue weighted by molar-refractivity contribution is 5.91. The van der Waals surface area contributed by atoms with Crippen molar-refractivity contribution in [1.29, 1.82) is 0 Å². The number of aliphatic hydroxyl groups is 5. The quantitative estimate of drug-likeness (QED) is 0.117. The highest BCUT2D eigenvalue weighted by Gasteiger charge is 2.58. The van der Waals surface area contributed by atoms with Gasteiger partial charge in [-0.1, -0.05) is 27.7 Å². The number of likely N-dealkylation sites (N-methyl/N-ethyl adjacent to an activating group) is 1. The first kappa shape index (κ1) is 54.9. The minimum absolute atomic E-state index is 0.0398. The van der Waals surface area contributed by atoms with E-state index < -0.39 is 114 Å². The van der Waals surface area contributed by atoms with Crippen molar-refractivity contribution in [2.24, 2.45) is 17.8 Å². The van der Waals surface area contributed by atoms with E-state index >= 15 is 0 Å². The minimum atomic E-state index is -1.86. The van der Waals surface area contributed by atoms with Crippen LogP contribution in [0.5, 0.6) is 0 Å². The molecule has 2 amide bonds. The fourth-order valence-corrected chi connectivity index (χ4v) is 10.0. The van der Waals surface area contributed by atoms with Gasteiger partial charge in [0.25, 0.3) is 0 Å². The fraction of sp³-hybridized carbons (Fsp3) is 0.870. The second-order valence-electron chi connectivity index (χ2n) is 19.8. The molecule has 4 rings (SSSR count). The number of aromatic nitrogens is 2. The number of urea groups is 1. The maximum absolute atomic E-state index is 14.5. The summed E-state index contributed by atoms with van der Waals surface area (Å²) in [7, 11) is 4.70. The van der Waals surface area contributed by atoms with Crippen molar-refractivity contribution in [1.82, 2.24) is 25.7 Å². The van der Waals surface area contributed by atoms with Gasteiger partial charge in [0.15, 0.2) is 12.6 Å². The van der Waals surface area contributed by atoms with Crippen molar-refractivity contribution in [2.75, 3.05) is 45.7 Å². The van der Waals surface area contributed by atoms with Crippen LogP contribution < -0.4 is 15.5 Å². The van der Waals surface area contributed by atoms with Crippen molar-refractivity contribution in [3.05, 3.63) is 18.5 Å². The Morgan fingerprint density at radius 3 is 2.28 bits per heavy atom. The number of hydrogen-bond donors (Lipinski definition) is 7. The molecule has 4 heterocycles.